The normalized spacial score (nSPS) is 10.5. The number of nitrogens with one attached hydrogen (secondary N) is 1. The third-order valence-corrected chi connectivity index (χ3v) is 3.57. The van der Waals surface area contributed by atoms with E-state index in [1.165, 1.54) is 5.56 Å². The van der Waals surface area contributed by atoms with E-state index in [1.807, 2.05) is 50.2 Å². The van der Waals surface area contributed by atoms with Crippen LogP contribution in [-0.2, 0) is 6.54 Å². The van der Waals surface area contributed by atoms with Crippen molar-refractivity contribution in [2.45, 2.75) is 20.4 Å². The number of rotatable bonds is 4. The second kappa shape index (κ2) is 6.48. The van der Waals surface area contributed by atoms with Gasteiger partial charge >= 0.3 is 0 Å². The minimum Gasteiger partial charge on any atom is -0.465 e. The fraction of sp³-hybridized carbons (Fsp3) is 0.158. The van der Waals surface area contributed by atoms with Crippen LogP contribution in [0.4, 0.5) is 0 Å². The largest absolute Gasteiger partial charge is 0.465 e. The summed E-state index contributed by atoms with van der Waals surface area (Å²) in [6.45, 7) is 4.28. The smallest absolute Gasteiger partial charge is 0.253 e. The highest BCUT2D eigenvalue weighted by Crippen LogP contribution is 2.20. The van der Waals surface area contributed by atoms with Crippen molar-refractivity contribution in [3.63, 3.8) is 0 Å². The van der Waals surface area contributed by atoms with Crippen LogP contribution in [0.2, 0.25) is 0 Å². The maximum absolute atomic E-state index is 12.3. The van der Waals surface area contributed by atoms with Gasteiger partial charge in [-0.05, 0) is 37.6 Å². The Morgan fingerprint density at radius 1 is 1.09 bits per heavy atom. The predicted molar refractivity (Wildman–Crippen MR) is 89.0 cm³/mol. The number of amides is 1. The van der Waals surface area contributed by atoms with E-state index in [4.69, 9.17) is 4.42 Å². The third-order valence-electron chi connectivity index (χ3n) is 3.57. The number of benzene rings is 1. The zero-order chi connectivity index (χ0) is 16.2. The lowest BCUT2D eigenvalue weighted by Gasteiger charge is -2.06. The molecule has 1 amide bonds. The molecule has 0 bridgehead atoms. The summed E-state index contributed by atoms with van der Waals surface area (Å²) in [5.74, 6) is 1.40. The Morgan fingerprint density at radius 3 is 2.70 bits per heavy atom. The Bertz CT molecular complexity index is 837. The van der Waals surface area contributed by atoms with Crippen LogP contribution >= 0.6 is 0 Å². The van der Waals surface area contributed by atoms with Crippen molar-refractivity contribution in [1.82, 2.24) is 10.3 Å². The van der Waals surface area contributed by atoms with Crippen LogP contribution in [0.15, 0.2) is 59.3 Å². The van der Waals surface area contributed by atoms with Crippen LogP contribution in [-0.4, -0.2) is 10.9 Å². The number of hydrogen-bond acceptors (Lipinski definition) is 3. The van der Waals surface area contributed by atoms with Gasteiger partial charge in [0.1, 0.15) is 11.5 Å². The van der Waals surface area contributed by atoms with Gasteiger partial charge in [0.25, 0.3) is 5.91 Å². The molecule has 0 aliphatic rings. The SMILES string of the molecule is Cc1cccc(-c2cncc(C(=O)NCc3ccc(C)o3)c2)c1. The van der Waals surface area contributed by atoms with Gasteiger partial charge in [0.15, 0.2) is 0 Å². The molecule has 116 valence electrons. The molecule has 0 fully saturated rings. The zero-order valence-electron chi connectivity index (χ0n) is 13.2. The van der Waals surface area contributed by atoms with E-state index in [1.54, 1.807) is 12.4 Å². The van der Waals surface area contributed by atoms with E-state index in [2.05, 4.69) is 16.4 Å². The van der Waals surface area contributed by atoms with Crippen LogP contribution < -0.4 is 5.32 Å². The molecule has 3 rings (SSSR count). The molecule has 0 spiro atoms. The fourth-order valence-corrected chi connectivity index (χ4v) is 2.40. The number of aryl methyl sites for hydroxylation is 2. The molecule has 3 aromatic rings. The molecule has 2 heterocycles. The standard InChI is InChI=1S/C19H18N2O2/c1-13-4-3-5-15(8-13)16-9-17(11-20-10-16)19(22)21-12-18-7-6-14(2)23-18/h3-11H,12H2,1-2H3,(H,21,22). The third kappa shape index (κ3) is 3.66. The van der Waals surface area contributed by atoms with E-state index >= 15 is 0 Å². The van der Waals surface area contributed by atoms with Crippen molar-refractivity contribution in [2.75, 3.05) is 0 Å². The van der Waals surface area contributed by atoms with Gasteiger partial charge in [-0.1, -0.05) is 29.8 Å². The Hall–Kier alpha value is -2.88. The van der Waals surface area contributed by atoms with Crippen LogP contribution in [0.1, 0.15) is 27.4 Å². The number of furan rings is 1. The molecule has 0 aliphatic carbocycles. The summed E-state index contributed by atoms with van der Waals surface area (Å²) < 4.78 is 5.45. The lowest BCUT2D eigenvalue weighted by atomic mass is 10.0. The minimum absolute atomic E-state index is 0.166. The number of pyridine rings is 1. The predicted octanol–water partition coefficient (Wildman–Crippen LogP) is 3.89. The topological polar surface area (TPSA) is 55.1 Å². The first-order valence-corrected chi connectivity index (χ1v) is 7.47. The lowest BCUT2D eigenvalue weighted by molar-refractivity contribution is 0.0947. The molecule has 0 aliphatic heterocycles. The Labute approximate surface area is 135 Å². The first-order chi connectivity index (χ1) is 11.1. The molecule has 0 radical (unpaired) electrons. The van der Waals surface area contributed by atoms with Crippen molar-refractivity contribution >= 4 is 5.91 Å². The molecule has 0 atom stereocenters. The summed E-state index contributed by atoms with van der Waals surface area (Å²) >= 11 is 0. The van der Waals surface area contributed by atoms with Crippen LogP contribution in [0.3, 0.4) is 0 Å². The average molecular weight is 306 g/mol. The first kappa shape index (κ1) is 15.0. The second-order valence-corrected chi connectivity index (χ2v) is 5.53. The summed E-state index contributed by atoms with van der Waals surface area (Å²) in [6, 6.07) is 13.7. The molecule has 2 aromatic heterocycles. The quantitative estimate of drug-likeness (QED) is 0.795. The van der Waals surface area contributed by atoms with Crippen LogP contribution in [0.25, 0.3) is 11.1 Å². The first-order valence-electron chi connectivity index (χ1n) is 7.47. The molecular weight excluding hydrogens is 288 g/mol. The van der Waals surface area contributed by atoms with Gasteiger partial charge in [-0.25, -0.2) is 0 Å². The number of aromatic nitrogens is 1. The Morgan fingerprint density at radius 2 is 1.96 bits per heavy atom. The minimum atomic E-state index is -0.166. The maximum Gasteiger partial charge on any atom is 0.253 e. The lowest BCUT2D eigenvalue weighted by Crippen LogP contribution is -2.22. The van der Waals surface area contributed by atoms with Gasteiger partial charge in [-0.3, -0.25) is 9.78 Å². The highest BCUT2D eigenvalue weighted by atomic mass is 16.3. The van der Waals surface area contributed by atoms with Gasteiger partial charge in [0.2, 0.25) is 0 Å². The van der Waals surface area contributed by atoms with Gasteiger partial charge < -0.3 is 9.73 Å². The van der Waals surface area contributed by atoms with Crippen molar-refractivity contribution in [3.05, 3.63) is 77.5 Å². The summed E-state index contributed by atoms with van der Waals surface area (Å²) in [7, 11) is 0. The van der Waals surface area contributed by atoms with Gasteiger partial charge in [-0.15, -0.1) is 0 Å². The number of nitrogens with zero attached hydrogens (tertiary/aromatic N) is 1. The number of hydrogen-bond donors (Lipinski definition) is 1. The van der Waals surface area contributed by atoms with Gasteiger partial charge in [0.05, 0.1) is 12.1 Å². The zero-order valence-corrected chi connectivity index (χ0v) is 13.2. The molecule has 1 N–H and O–H groups in total. The summed E-state index contributed by atoms with van der Waals surface area (Å²) in [5.41, 5.74) is 3.68. The van der Waals surface area contributed by atoms with Crippen molar-refractivity contribution in [1.29, 1.82) is 0 Å². The summed E-state index contributed by atoms with van der Waals surface area (Å²) in [6.07, 6.45) is 3.34. The van der Waals surface area contributed by atoms with E-state index in [9.17, 15) is 4.79 Å². The molecule has 0 saturated carbocycles. The van der Waals surface area contributed by atoms with E-state index in [0.29, 0.717) is 12.1 Å². The molecule has 23 heavy (non-hydrogen) atoms. The molecule has 1 aromatic carbocycles. The maximum atomic E-state index is 12.3. The van der Waals surface area contributed by atoms with E-state index < -0.39 is 0 Å². The Balaban J connectivity index is 1.75. The molecule has 4 nitrogen and oxygen atoms in total. The van der Waals surface area contributed by atoms with Crippen LogP contribution in [0, 0.1) is 13.8 Å². The average Bonchev–Trinajstić information content (AvgIpc) is 2.98. The van der Waals surface area contributed by atoms with Crippen molar-refractivity contribution in [2.24, 2.45) is 0 Å². The molecule has 4 heteroatoms. The van der Waals surface area contributed by atoms with Crippen molar-refractivity contribution < 1.29 is 9.21 Å². The Kier molecular flexibility index (Phi) is 4.24. The summed E-state index contributed by atoms with van der Waals surface area (Å²) in [5, 5.41) is 2.85. The van der Waals surface area contributed by atoms with E-state index in [-0.39, 0.29) is 5.91 Å². The number of carbonyl (C=O) groups excluding carboxylic acids is 1. The highest BCUT2D eigenvalue weighted by molar-refractivity contribution is 5.95. The van der Waals surface area contributed by atoms with Crippen molar-refractivity contribution in [3.8, 4) is 11.1 Å². The monoisotopic (exact) mass is 306 g/mol. The molecule has 0 unspecified atom stereocenters. The number of carbonyl (C=O) groups is 1. The molecule has 0 saturated heterocycles. The summed E-state index contributed by atoms with van der Waals surface area (Å²) in [4.78, 5) is 16.5. The van der Waals surface area contributed by atoms with E-state index in [0.717, 1.165) is 22.6 Å². The second-order valence-electron chi connectivity index (χ2n) is 5.53. The fourth-order valence-electron chi connectivity index (χ4n) is 2.40. The highest BCUT2D eigenvalue weighted by Gasteiger charge is 2.09. The van der Waals surface area contributed by atoms with Gasteiger partial charge in [-0.2, -0.15) is 0 Å². The molecular formula is C19H18N2O2. The van der Waals surface area contributed by atoms with Gasteiger partial charge in [0, 0.05) is 18.0 Å². The van der Waals surface area contributed by atoms with Crippen LogP contribution in [0.5, 0.6) is 0 Å².